The van der Waals surface area contributed by atoms with Crippen LogP contribution in [0.1, 0.15) is 139 Å². The minimum Gasteiger partial charge on any atom is -0.462 e. The van der Waals surface area contributed by atoms with Crippen molar-refractivity contribution in [1.29, 1.82) is 0 Å². The lowest BCUT2D eigenvalue weighted by Crippen LogP contribution is -2.72. The van der Waals surface area contributed by atoms with Gasteiger partial charge in [0.15, 0.2) is 12.6 Å². The molecular weight excluding hydrogens is 748 g/mol. The normalized spacial score (nSPS) is 47.2. The zero-order valence-electron chi connectivity index (χ0n) is 37.1. The Hall–Kier alpha value is -1.42. The first kappa shape index (κ1) is 46.1. The Morgan fingerprint density at radius 1 is 0.741 bits per heavy atom. The molecule has 0 bridgehead atoms. The van der Waals surface area contributed by atoms with E-state index in [4.69, 9.17) is 37.9 Å². The van der Waals surface area contributed by atoms with Crippen molar-refractivity contribution >= 4 is 11.9 Å². The molecule has 13 heteroatoms. The fourth-order valence-electron chi connectivity index (χ4n) is 12.6. The summed E-state index contributed by atoms with van der Waals surface area (Å²) in [5.74, 6) is -0.288. The molecule has 2 heterocycles. The van der Waals surface area contributed by atoms with Gasteiger partial charge in [0.05, 0.1) is 41.5 Å². The number of carbonyl (C=O) groups is 2. The van der Waals surface area contributed by atoms with Crippen LogP contribution in [-0.4, -0.2) is 120 Å². The van der Waals surface area contributed by atoms with Gasteiger partial charge in [0.2, 0.25) is 0 Å². The SMILES string of the molecule is CO[C@H]1C[C@H](O[C@@H]2[C@@H](OC)C[C@H](OC3CCC4(C)C(CCC5C4CC(OC(=O)CC(C)C)C4(C)C(O)(C(C)OC(=O)CC(C)C)CCC54O)C3)O[C@@H]2C)O[C@H](C)[C@@H]1O. The molecule has 6 fully saturated rings. The van der Waals surface area contributed by atoms with E-state index in [0.29, 0.717) is 31.6 Å². The average Bonchev–Trinajstić information content (AvgIpc) is 3.37. The van der Waals surface area contributed by atoms with Crippen molar-refractivity contribution in [2.45, 2.75) is 218 Å². The van der Waals surface area contributed by atoms with Gasteiger partial charge in [0, 0.05) is 39.9 Å². The van der Waals surface area contributed by atoms with Gasteiger partial charge < -0.3 is 53.2 Å². The maximum atomic E-state index is 13.5. The van der Waals surface area contributed by atoms with Crippen molar-refractivity contribution in [3.8, 4) is 0 Å². The first-order valence-corrected chi connectivity index (χ1v) is 22.4. The molecule has 0 aromatic carbocycles. The molecule has 0 radical (unpaired) electrons. The Balaban J connectivity index is 1.16. The van der Waals surface area contributed by atoms with E-state index in [0.717, 1.165) is 32.1 Å². The molecule has 3 N–H and O–H groups in total. The summed E-state index contributed by atoms with van der Waals surface area (Å²) in [5, 5.41) is 36.3. The van der Waals surface area contributed by atoms with Crippen molar-refractivity contribution in [2.24, 2.45) is 40.4 Å². The third-order valence-electron chi connectivity index (χ3n) is 16.0. The summed E-state index contributed by atoms with van der Waals surface area (Å²) < 4.78 is 49.4. The number of esters is 2. The van der Waals surface area contributed by atoms with E-state index in [2.05, 4.69) is 6.92 Å². The van der Waals surface area contributed by atoms with Crippen LogP contribution < -0.4 is 0 Å². The summed E-state index contributed by atoms with van der Waals surface area (Å²) in [6.45, 7) is 17.6. The second kappa shape index (κ2) is 17.8. The number of fused-ring (bicyclic) bond motifs is 5. The highest BCUT2D eigenvalue weighted by atomic mass is 16.7. The van der Waals surface area contributed by atoms with E-state index in [1.165, 1.54) is 0 Å². The number of ether oxygens (including phenoxy) is 8. The minimum absolute atomic E-state index is 0.0252. The third-order valence-corrected chi connectivity index (χ3v) is 16.0. The second-order valence-electron chi connectivity index (χ2n) is 20.3. The number of hydrogen-bond donors (Lipinski definition) is 3. The van der Waals surface area contributed by atoms with Gasteiger partial charge in [-0.05, 0) is 107 Å². The minimum atomic E-state index is -1.59. The number of aliphatic hydroxyl groups is 3. The van der Waals surface area contributed by atoms with Crippen molar-refractivity contribution in [2.75, 3.05) is 14.2 Å². The van der Waals surface area contributed by atoms with Gasteiger partial charge in [0.25, 0.3) is 0 Å². The molecule has 2 saturated heterocycles. The van der Waals surface area contributed by atoms with E-state index >= 15 is 0 Å². The molecule has 6 rings (SSSR count). The molecule has 6 aliphatic rings. The maximum absolute atomic E-state index is 13.5. The van der Waals surface area contributed by atoms with Crippen LogP contribution in [0.3, 0.4) is 0 Å². The van der Waals surface area contributed by atoms with Crippen LogP contribution in [0, 0.1) is 40.4 Å². The predicted octanol–water partition coefficient (Wildman–Crippen LogP) is 5.85. The highest BCUT2D eigenvalue weighted by Crippen LogP contribution is 2.71. The fourth-order valence-corrected chi connectivity index (χ4v) is 12.6. The summed E-state index contributed by atoms with van der Waals surface area (Å²) in [6.07, 6.45) is 1.39. The summed E-state index contributed by atoms with van der Waals surface area (Å²) in [7, 11) is 3.26. The molecule has 2 aliphatic heterocycles. The molecular formula is C45H76O13. The lowest BCUT2D eigenvalue weighted by molar-refractivity contribution is -0.322. The molecule has 4 aliphatic carbocycles. The van der Waals surface area contributed by atoms with Crippen molar-refractivity contribution in [3.63, 3.8) is 0 Å². The highest BCUT2D eigenvalue weighted by Gasteiger charge is 2.77. The van der Waals surface area contributed by atoms with Gasteiger partial charge in [-0.1, -0.05) is 41.5 Å². The van der Waals surface area contributed by atoms with Crippen LogP contribution in [-0.2, 0) is 47.5 Å². The Bertz CT molecular complexity index is 1430. The van der Waals surface area contributed by atoms with Crippen molar-refractivity contribution < 1.29 is 62.8 Å². The molecule has 0 aromatic rings. The van der Waals surface area contributed by atoms with Crippen molar-refractivity contribution in [3.05, 3.63) is 0 Å². The summed E-state index contributed by atoms with van der Waals surface area (Å²) in [5.41, 5.74) is -4.34. The predicted molar refractivity (Wildman–Crippen MR) is 213 cm³/mol. The molecule has 4 saturated carbocycles. The number of carbonyl (C=O) groups excluding carboxylic acids is 2. The summed E-state index contributed by atoms with van der Waals surface area (Å²) in [6, 6.07) is 0. The van der Waals surface area contributed by atoms with E-state index in [1.54, 1.807) is 21.1 Å². The van der Waals surface area contributed by atoms with Crippen LogP contribution in [0.15, 0.2) is 0 Å². The monoisotopic (exact) mass is 825 g/mol. The van der Waals surface area contributed by atoms with E-state index < -0.39 is 59.7 Å². The topological polar surface area (TPSA) is 169 Å². The number of aliphatic hydroxyl groups excluding tert-OH is 1. The molecule has 58 heavy (non-hydrogen) atoms. The van der Waals surface area contributed by atoms with Gasteiger partial charge in [-0.3, -0.25) is 9.59 Å². The lowest BCUT2D eigenvalue weighted by atomic mass is 9.42. The van der Waals surface area contributed by atoms with Gasteiger partial charge in [-0.2, -0.15) is 0 Å². The first-order valence-electron chi connectivity index (χ1n) is 22.4. The Labute approximate surface area is 346 Å². The van der Waals surface area contributed by atoms with Gasteiger partial charge >= 0.3 is 11.9 Å². The number of rotatable bonds is 13. The smallest absolute Gasteiger partial charge is 0.306 e. The standard InChI is InChI=1S/C45H76O13/c1-24(2)18-36(46)55-28(7)44(49)16-17-45(50)31-13-12-29-20-30(14-15-42(29,8)32(31)21-35(43(44,45)9)57-37(47)19-25(3)4)56-38-23-34(52-11)41(27(6)54-38)58-39-22-33(51-10)40(48)26(5)53-39/h24-35,38-41,48-50H,12-23H2,1-11H3/t26-,27-,28?,29?,30?,31?,32?,33+,34+,35?,38+,39+,40+,41+,42?,43?,44?,45?/m1/s1. The number of methoxy groups -OCH3 is 2. The highest BCUT2D eigenvalue weighted by molar-refractivity contribution is 5.70. The Morgan fingerprint density at radius 2 is 1.36 bits per heavy atom. The van der Waals surface area contributed by atoms with Crippen LogP contribution in [0.2, 0.25) is 0 Å². The van der Waals surface area contributed by atoms with E-state index in [-0.39, 0.29) is 84.7 Å². The summed E-state index contributed by atoms with van der Waals surface area (Å²) in [4.78, 5) is 26.4. The molecule has 18 atom stereocenters. The van der Waals surface area contributed by atoms with Gasteiger partial charge in [-0.25, -0.2) is 0 Å². The molecule has 334 valence electrons. The van der Waals surface area contributed by atoms with Crippen LogP contribution in [0.4, 0.5) is 0 Å². The Kier molecular flexibility index (Phi) is 14.1. The third kappa shape index (κ3) is 8.40. The largest absolute Gasteiger partial charge is 0.462 e. The molecule has 0 amide bonds. The Morgan fingerprint density at radius 3 is 2.02 bits per heavy atom. The molecule has 0 aromatic heterocycles. The lowest BCUT2D eigenvalue weighted by Gasteiger charge is -2.66. The average molecular weight is 825 g/mol. The zero-order chi connectivity index (χ0) is 42.5. The van der Waals surface area contributed by atoms with Crippen LogP contribution in [0.25, 0.3) is 0 Å². The van der Waals surface area contributed by atoms with Gasteiger partial charge in [-0.15, -0.1) is 0 Å². The van der Waals surface area contributed by atoms with Gasteiger partial charge in [0.1, 0.15) is 30.0 Å². The molecule has 13 nitrogen and oxygen atoms in total. The first-order chi connectivity index (χ1) is 27.2. The summed E-state index contributed by atoms with van der Waals surface area (Å²) >= 11 is 0. The second-order valence-corrected chi connectivity index (χ2v) is 20.3. The zero-order valence-corrected chi connectivity index (χ0v) is 37.1. The quantitative estimate of drug-likeness (QED) is 0.150. The van der Waals surface area contributed by atoms with E-state index in [1.807, 2.05) is 48.5 Å². The van der Waals surface area contributed by atoms with Crippen LogP contribution in [0.5, 0.6) is 0 Å². The van der Waals surface area contributed by atoms with Crippen LogP contribution >= 0.6 is 0 Å². The maximum Gasteiger partial charge on any atom is 0.306 e. The fraction of sp³-hybridized carbons (Fsp3) is 0.956. The number of hydrogen-bond acceptors (Lipinski definition) is 13. The van der Waals surface area contributed by atoms with Crippen molar-refractivity contribution in [1.82, 2.24) is 0 Å². The molecule has 10 unspecified atom stereocenters. The molecule has 0 spiro atoms. The van der Waals surface area contributed by atoms with E-state index in [9.17, 15) is 24.9 Å².